The zero-order chi connectivity index (χ0) is 14.2. The lowest BCUT2D eigenvalue weighted by atomic mass is 9.95. The van der Waals surface area contributed by atoms with Crippen molar-refractivity contribution in [1.29, 1.82) is 0 Å². The van der Waals surface area contributed by atoms with E-state index in [1.807, 2.05) is 0 Å². The highest BCUT2D eigenvalue weighted by molar-refractivity contribution is 9.10. The summed E-state index contributed by atoms with van der Waals surface area (Å²) in [7, 11) is 0. The fraction of sp³-hybridized carbons (Fsp3) is 0.400. The highest BCUT2D eigenvalue weighted by atomic mass is 79.9. The summed E-state index contributed by atoms with van der Waals surface area (Å²) in [5, 5.41) is 0. The number of rotatable bonds is 2. The summed E-state index contributed by atoms with van der Waals surface area (Å²) in [5.74, 6) is 0. The van der Waals surface area contributed by atoms with E-state index in [-0.39, 0.29) is 4.47 Å². The maximum Gasteiger partial charge on any atom is 0.431 e. The van der Waals surface area contributed by atoms with Gasteiger partial charge in [0.2, 0.25) is 0 Å². The van der Waals surface area contributed by atoms with Crippen LogP contribution in [-0.4, -0.2) is 18.0 Å². The molecule has 0 aliphatic rings. The predicted octanol–water partition coefficient (Wildman–Crippen LogP) is 4.82. The van der Waals surface area contributed by atoms with Crippen molar-refractivity contribution < 1.29 is 30.7 Å². The van der Waals surface area contributed by atoms with Gasteiger partial charge in [-0.05, 0) is 17.7 Å². The van der Waals surface area contributed by atoms with E-state index in [0.717, 1.165) is 12.1 Å². The second-order valence-corrected chi connectivity index (χ2v) is 4.52. The number of alkyl halides is 7. The van der Waals surface area contributed by atoms with Gasteiger partial charge in [0.1, 0.15) is 0 Å². The van der Waals surface area contributed by atoms with Crippen molar-refractivity contribution in [2.45, 2.75) is 24.4 Å². The molecule has 0 aliphatic heterocycles. The molecule has 0 fully saturated rings. The van der Waals surface area contributed by atoms with Crippen molar-refractivity contribution in [2.24, 2.45) is 0 Å². The van der Waals surface area contributed by atoms with Crippen LogP contribution in [0, 0.1) is 0 Å². The van der Waals surface area contributed by atoms with Crippen LogP contribution in [0.3, 0.4) is 0 Å². The number of benzene rings is 1. The van der Waals surface area contributed by atoms with E-state index in [4.69, 9.17) is 0 Å². The second kappa shape index (κ2) is 4.71. The maximum atomic E-state index is 13.4. The zero-order valence-electron chi connectivity index (χ0n) is 8.54. The Morgan fingerprint density at radius 2 is 1.39 bits per heavy atom. The molecule has 0 amide bonds. The largest absolute Gasteiger partial charge is 0.431 e. The Morgan fingerprint density at radius 3 is 1.78 bits per heavy atom. The van der Waals surface area contributed by atoms with Crippen LogP contribution in [0.5, 0.6) is 0 Å². The molecule has 102 valence electrons. The standard InChI is InChI=1S/C10H6BrF7/c11-7-3-1-2-6(4-7)5-8(12,9(13,14)15)10(16,17)18/h1-4H,5H2. The lowest BCUT2D eigenvalue weighted by Crippen LogP contribution is -2.54. The van der Waals surface area contributed by atoms with E-state index in [1.54, 1.807) is 0 Å². The molecule has 18 heavy (non-hydrogen) atoms. The maximum absolute atomic E-state index is 13.4. The Labute approximate surface area is 106 Å². The molecular formula is C10H6BrF7. The lowest BCUT2D eigenvalue weighted by Gasteiger charge is -2.30. The minimum atomic E-state index is -6.02. The van der Waals surface area contributed by atoms with E-state index in [2.05, 4.69) is 15.9 Å². The first kappa shape index (κ1) is 15.3. The predicted molar refractivity (Wildman–Crippen MR) is 53.8 cm³/mol. The normalized spacial score (nSPS) is 13.8. The van der Waals surface area contributed by atoms with Gasteiger partial charge in [-0.3, -0.25) is 0 Å². The Bertz CT molecular complexity index is 407. The summed E-state index contributed by atoms with van der Waals surface area (Å²) in [5.41, 5.74) is -5.65. The first-order valence-corrected chi connectivity index (χ1v) is 5.33. The second-order valence-electron chi connectivity index (χ2n) is 3.60. The number of hydrogen-bond donors (Lipinski definition) is 0. The van der Waals surface area contributed by atoms with Gasteiger partial charge in [0.15, 0.2) is 0 Å². The highest BCUT2D eigenvalue weighted by Crippen LogP contribution is 2.48. The van der Waals surface area contributed by atoms with E-state index in [1.165, 1.54) is 12.1 Å². The molecule has 0 unspecified atom stereocenters. The van der Waals surface area contributed by atoms with Gasteiger partial charge in [0, 0.05) is 10.9 Å². The van der Waals surface area contributed by atoms with Crippen LogP contribution in [0.2, 0.25) is 0 Å². The molecule has 1 rings (SSSR count). The molecule has 0 heterocycles. The van der Waals surface area contributed by atoms with Gasteiger partial charge in [-0.15, -0.1) is 0 Å². The van der Waals surface area contributed by atoms with E-state index in [0.29, 0.717) is 0 Å². The average molecular weight is 339 g/mol. The first-order chi connectivity index (χ1) is 7.97. The van der Waals surface area contributed by atoms with Gasteiger partial charge >= 0.3 is 18.0 Å². The minimum absolute atomic E-state index is 0.270. The SMILES string of the molecule is FC(F)(F)C(F)(Cc1cccc(Br)c1)C(F)(F)F. The topological polar surface area (TPSA) is 0 Å². The summed E-state index contributed by atoms with van der Waals surface area (Å²) in [6.45, 7) is 0. The van der Waals surface area contributed by atoms with Gasteiger partial charge in [-0.25, -0.2) is 4.39 Å². The molecule has 0 saturated heterocycles. The summed E-state index contributed by atoms with van der Waals surface area (Å²) >= 11 is 2.89. The molecule has 0 N–H and O–H groups in total. The zero-order valence-corrected chi connectivity index (χ0v) is 10.1. The Kier molecular flexibility index (Phi) is 4.00. The van der Waals surface area contributed by atoms with Crippen LogP contribution in [-0.2, 0) is 6.42 Å². The van der Waals surface area contributed by atoms with Gasteiger partial charge in [0.25, 0.3) is 0 Å². The lowest BCUT2D eigenvalue weighted by molar-refractivity contribution is -0.340. The molecule has 0 radical (unpaired) electrons. The van der Waals surface area contributed by atoms with Crippen LogP contribution in [0.25, 0.3) is 0 Å². The molecular weight excluding hydrogens is 333 g/mol. The van der Waals surface area contributed by atoms with Crippen LogP contribution in [0.4, 0.5) is 30.7 Å². The van der Waals surface area contributed by atoms with Crippen molar-refractivity contribution in [3.05, 3.63) is 34.3 Å². The summed E-state index contributed by atoms with van der Waals surface area (Å²) in [6.07, 6.45) is -13.8. The average Bonchev–Trinajstić information content (AvgIpc) is 2.13. The van der Waals surface area contributed by atoms with Crippen molar-refractivity contribution in [1.82, 2.24) is 0 Å². The fourth-order valence-electron chi connectivity index (χ4n) is 1.29. The smallest absolute Gasteiger partial charge is 0.223 e. The molecule has 0 atom stereocenters. The molecule has 0 bridgehead atoms. The summed E-state index contributed by atoms with van der Waals surface area (Å²) in [4.78, 5) is 0. The van der Waals surface area contributed by atoms with Gasteiger partial charge < -0.3 is 0 Å². The van der Waals surface area contributed by atoms with Crippen LogP contribution in [0.1, 0.15) is 5.56 Å². The van der Waals surface area contributed by atoms with Crippen molar-refractivity contribution in [3.8, 4) is 0 Å². The quantitative estimate of drug-likeness (QED) is 0.678. The van der Waals surface area contributed by atoms with Gasteiger partial charge in [0.05, 0.1) is 0 Å². The third-order valence-corrected chi connectivity index (χ3v) is 2.73. The highest BCUT2D eigenvalue weighted by Gasteiger charge is 2.72. The molecule has 1 aromatic carbocycles. The molecule has 8 heteroatoms. The number of hydrogen-bond acceptors (Lipinski definition) is 0. The molecule has 0 nitrogen and oxygen atoms in total. The van der Waals surface area contributed by atoms with Crippen molar-refractivity contribution in [3.63, 3.8) is 0 Å². The van der Waals surface area contributed by atoms with Crippen LogP contribution < -0.4 is 0 Å². The Balaban J connectivity index is 3.16. The van der Waals surface area contributed by atoms with Crippen LogP contribution in [0.15, 0.2) is 28.7 Å². The summed E-state index contributed by atoms with van der Waals surface area (Å²) < 4.78 is 87.3. The first-order valence-electron chi connectivity index (χ1n) is 4.54. The Morgan fingerprint density at radius 1 is 0.889 bits per heavy atom. The Hall–Kier alpha value is -0.790. The van der Waals surface area contributed by atoms with E-state index >= 15 is 0 Å². The van der Waals surface area contributed by atoms with Gasteiger partial charge in [-0.2, -0.15) is 26.3 Å². The van der Waals surface area contributed by atoms with Crippen molar-refractivity contribution >= 4 is 15.9 Å². The monoisotopic (exact) mass is 338 g/mol. The minimum Gasteiger partial charge on any atom is -0.223 e. The molecule has 0 spiro atoms. The summed E-state index contributed by atoms with van der Waals surface area (Å²) in [6, 6.07) is 4.64. The van der Waals surface area contributed by atoms with Crippen LogP contribution >= 0.6 is 15.9 Å². The van der Waals surface area contributed by atoms with E-state index in [9.17, 15) is 30.7 Å². The van der Waals surface area contributed by atoms with Gasteiger partial charge in [-0.1, -0.05) is 28.1 Å². The van der Waals surface area contributed by atoms with E-state index < -0.39 is 30.0 Å². The molecule has 0 saturated carbocycles. The molecule has 1 aromatic rings. The fourth-order valence-corrected chi connectivity index (χ4v) is 1.74. The molecule has 0 aliphatic carbocycles. The molecule has 0 aromatic heterocycles. The third-order valence-electron chi connectivity index (χ3n) is 2.24. The number of halogens is 8. The van der Waals surface area contributed by atoms with Crippen molar-refractivity contribution in [2.75, 3.05) is 0 Å². The third kappa shape index (κ3) is 2.96.